The van der Waals surface area contributed by atoms with E-state index in [0.717, 1.165) is 32.0 Å². The number of fused-ring (bicyclic) bond motifs is 3. The van der Waals surface area contributed by atoms with E-state index < -0.39 is 0 Å². The van der Waals surface area contributed by atoms with Gasteiger partial charge in [-0.3, -0.25) is 4.90 Å². The van der Waals surface area contributed by atoms with Crippen LogP contribution in [-0.4, -0.2) is 61.2 Å². The second kappa shape index (κ2) is 5.05. The zero-order chi connectivity index (χ0) is 14.4. The molecule has 0 bridgehead atoms. The van der Waals surface area contributed by atoms with Crippen molar-refractivity contribution in [3.05, 3.63) is 12.3 Å². The van der Waals surface area contributed by atoms with Crippen LogP contribution in [0.3, 0.4) is 0 Å². The second-order valence-electron chi connectivity index (χ2n) is 6.72. The molecule has 4 heterocycles. The van der Waals surface area contributed by atoms with Crippen LogP contribution >= 0.6 is 0 Å². The van der Waals surface area contributed by atoms with Gasteiger partial charge in [0.1, 0.15) is 0 Å². The van der Waals surface area contributed by atoms with Crippen LogP contribution in [-0.2, 0) is 0 Å². The fourth-order valence-electron chi connectivity index (χ4n) is 3.58. The first kappa shape index (κ1) is 13.2. The van der Waals surface area contributed by atoms with E-state index in [1.807, 2.05) is 0 Å². The molecule has 2 fully saturated rings. The summed E-state index contributed by atoms with van der Waals surface area (Å²) < 4.78 is 0. The van der Waals surface area contributed by atoms with Crippen molar-refractivity contribution in [2.75, 3.05) is 54.4 Å². The molecule has 21 heavy (non-hydrogen) atoms. The predicted octanol–water partition coefficient (Wildman–Crippen LogP) is 1.62. The lowest BCUT2D eigenvalue weighted by atomic mass is 10.1. The zero-order valence-electron chi connectivity index (χ0n) is 13.0. The Morgan fingerprint density at radius 1 is 1.24 bits per heavy atom. The van der Waals surface area contributed by atoms with Crippen LogP contribution in [0.5, 0.6) is 0 Å². The molecular formula is C16H25N5. The molecular weight excluding hydrogens is 262 g/mol. The van der Waals surface area contributed by atoms with Gasteiger partial charge < -0.3 is 15.1 Å². The summed E-state index contributed by atoms with van der Waals surface area (Å²) in [7, 11) is 0. The molecule has 0 radical (unpaired) electrons. The second-order valence-corrected chi connectivity index (χ2v) is 6.72. The van der Waals surface area contributed by atoms with Gasteiger partial charge in [0, 0.05) is 45.3 Å². The minimum absolute atomic E-state index is 0.552. The lowest BCUT2D eigenvalue weighted by Gasteiger charge is -2.47. The quantitative estimate of drug-likeness (QED) is 0.894. The third-order valence-electron chi connectivity index (χ3n) is 5.12. The molecule has 1 N–H and O–H groups in total. The van der Waals surface area contributed by atoms with Gasteiger partial charge in [-0.25, -0.2) is 4.98 Å². The van der Waals surface area contributed by atoms with Crippen LogP contribution in [0.4, 0.5) is 17.2 Å². The maximum absolute atomic E-state index is 4.78. The van der Waals surface area contributed by atoms with E-state index in [-0.39, 0.29) is 0 Å². The zero-order valence-corrected chi connectivity index (χ0v) is 13.0. The van der Waals surface area contributed by atoms with Gasteiger partial charge in [0.25, 0.3) is 0 Å². The van der Waals surface area contributed by atoms with Crippen LogP contribution in [0.2, 0.25) is 0 Å². The molecule has 2 saturated heterocycles. The number of hydrogen-bond donors (Lipinski definition) is 1. The Hall–Kier alpha value is -1.49. The van der Waals surface area contributed by atoms with Crippen LogP contribution in [0.25, 0.3) is 0 Å². The Kier molecular flexibility index (Phi) is 3.17. The molecule has 1 aromatic rings. The van der Waals surface area contributed by atoms with Crippen LogP contribution < -0.4 is 15.1 Å². The molecule has 0 aromatic carbocycles. The number of piperazine rings is 1. The first-order chi connectivity index (χ1) is 10.2. The summed E-state index contributed by atoms with van der Waals surface area (Å²) >= 11 is 0. The third-order valence-corrected chi connectivity index (χ3v) is 5.12. The number of hydrogen-bond acceptors (Lipinski definition) is 5. The summed E-state index contributed by atoms with van der Waals surface area (Å²) in [5.41, 5.74) is 2.49. The molecule has 0 spiro atoms. The van der Waals surface area contributed by atoms with E-state index in [1.54, 1.807) is 0 Å². The van der Waals surface area contributed by atoms with Gasteiger partial charge in [0.2, 0.25) is 0 Å². The average Bonchev–Trinajstić information content (AvgIpc) is 2.44. The Balaban J connectivity index is 1.56. The van der Waals surface area contributed by atoms with Crippen molar-refractivity contribution in [3.63, 3.8) is 0 Å². The summed E-state index contributed by atoms with van der Waals surface area (Å²) in [6.07, 6.45) is 3.36. The molecule has 5 nitrogen and oxygen atoms in total. The molecule has 3 aliphatic heterocycles. The lowest BCUT2D eigenvalue weighted by Crippen LogP contribution is -2.59. The summed E-state index contributed by atoms with van der Waals surface area (Å²) in [6.45, 7) is 11.3. The summed E-state index contributed by atoms with van der Waals surface area (Å²) in [5, 5.41) is 3.61. The smallest absolute Gasteiger partial charge is 0.152 e. The fourth-order valence-corrected chi connectivity index (χ4v) is 3.58. The lowest BCUT2D eigenvalue weighted by molar-refractivity contribution is 0.182. The van der Waals surface area contributed by atoms with Crippen molar-refractivity contribution in [1.82, 2.24) is 9.88 Å². The van der Waals surface area contributed by atoms with Gasteiger partial charge >= 0.3 is 0 Å². The molecule has 0 amide bonds. The maximum atomic E-state index is 4.78. The van der Waals surface area contributed by atoms with Crippen molar-refractivity contribution in [2.45, 2.75) is 32.4 Å². The number of pyridine rings is 1. The summed E-state index contributed by atoms with van der Waals surface area (Å²) in [6, 6.07) is 3.47. The largest absolute Gasteiger partial charge is 0.380 e. The summed E-state index contributed by atoms with van der Waals surface area (Å²) in [4.78, 5) is 12.3. The van der Waals surface area contributed by atoms with E-state index in [4.69, 9.17) is 4.98 Å². The van der Waals surface area contributed by atoms with Crippen molar-refractivity contribution in [2.24, 2.45) is 0 Å². The predicted molar refractivity (Wildman–Crippen MR) is 87.4 cm³/mol. The highest BCUT2D eigenvalue weighted by Gasteiger charge is 2.33. The monoisotopic (exact) mass is 287 g/mol. The molecule has 5 heteroatoms. The topological polar surface area (TPSA) is 34.6 Å². The van der Waals surface area contributed by atoms with Crippen molar-refractivity contribution in [3.8, 4) is 0 Å². The summed E-state index contributed by atoms with van der Waals surface area (Å²) in [5.74, 6) is 1.15. The molecule has 0 aliphatic carbocycles. The minimum atomic E-state index is 0.552. The van der Waals surface area contributed by atoms with Crippen LogP contribution in [0.15, 0.2) is 12.3 Å². The van der Waals surface area contributed by atoms with Gasteiger partial charge in [0.05, 0.1) is 23.6 Å². The number of anilines is 3. The number of nitrogens with zero attached hydrogens (tertiary/aromatic N) is 4. The van der Waals surface area contributed by atoms with E-state index in [0.29, 0.717) is 12.1 Å². The Bertz CT molecular complexity index is 525. The maximum Gasteiger partial charge on any atom is 0.152 e. The third kappa shape index (κ3) is 2.24. The van der Waals surface area contributed by atoms with Crippen molar-refractivity contribution >= 4 is 17.2 Å². The first-order valence-corrected chi connectivity index (χ1v) is 8.22. The molecule has 0 unspecified atom stereocenters. The Morgan fingerprint density at radius 3 is 2.81 bits per heavy atom. The standard InChI is InChI=1S/C16H25N5/c1-12(2)20-6-7-21-14(11-20)10-17-15-8-13(9-18-16(15)21)19-4-3-5-19/h8-9,12,14,17H,3-7,10-11H2,1-2H3/t14-/m1/s1. The van der Waals surface area contributed by atoms with E-state index in [2.05, 4.69) is 46.1 Å². The van der Waals surface area contributed by atoms with Crippen LogP contribution in [0, 0.1) is 0 Å². The number of rotatable bonds is 2. The van der Waals surface area contributed by atoms with Gasteiger partial charge in [-0.05, 0) is 26.3 Å². The Labute approximate surface area is 126 Å². The molecule has 114 valence electrons. The minimum Gasteiger partial charge on any atom is -0.380 e. The highest BCUT2D eigenvalue weighted by Crippen LogP contribution is 2.34. The average molecular weight is 287 g/mol. The first-order valence-electron chi connectivity index (χ1n) is 8.22. The molecule has 3 aliphatic rings. The molecule has 4 rings (SSSR count). The van der Waals surface area contributed by atoms with E-state index in [1.165, 1.54) is 30.9 Å². The number of nitrogens with one attached hydrogen (secondary N) is 1. The van der Waals surface area contributed by atoms with Crippen molar-refractivity contribution < 1.29 is 0 Å². The van der Waals surface area contributed by atoms with Crippen LogP contribution in [0.1, 0.15) is 20.3 Å². The number of aromatic nitrogens is 1. The molecule has 1 aromatic heterocycles. The van der Waals surface area contributed by atoms with Gasteiger partial charge in [-0.15, -0.1) is 0 Å². The molecule has 0 saturated carbocycles. The Morgan fingerprint density at radius 2 is 2.10 bits per heavy atom. The SMILES string of the molecule is CC(C)N1CCN2c3ncc(N4CCC4)cc3NC[C@@H]2C1. The van der Waals surface area contributed by atoms with E-state index >= 15 is 0 Å². The van der Waals surface area contributed by atoms with Gasteiger partial charge in [0.15, 0.2) is 5.82 Å². The highest BCUT2D eigenvalue weighted by molar-refractivity contribution is 5.73. The normalized spacial score (nSPS) is 25.2. The molecule has 1 atom stereocenters. The van der Waals surface area contributed by atoms with Gasteiger partial charge in [-0.1, -0.05) is 0 Å². The fraction of sp³-hybridized carbons (Fsp3) is 0.688. The highest BCUT2D eigenvalue weighted by atomic mass is 15.3. The van der Waals surface area contributed by atoms with E-state index in [9.17, 15) is 0 Å². The van der Waals surface area contributed by atoms with Crippen molar-refractivity contribution in [1.29, 1.82) is 0 Å². The van der Waals surface area contributed by atoms with Gasteiger partial charge in [-0.2, -0.15) is 0 Å².